The Morgan fingerprint density at radius 1 is 1.32 bits per heavy atom. The number of rotatable bonds is 7. The van der Waals surface area contributed by atoms with E-state index in [2.05, 4.69) is 0 Å². The van der Waals surface area contributed by atoms with Gasteiger partial charge in [-0.25, -0.2) is 8.78 Å². The fourth-order valence-corrected chi connectivity index (χ4v) is 2.75. The third kappa shape index (κ3) is 5.75. The molecule has 0 aliphatic carbocycles. The third-order valence-electron chi connectivity index (χ3n) is 4.39. The second kappa shape index (κ2) is 9.13. The van der Waals surface area contributed by atoms with E-state index in [1.807, 2.05) is 0 Å². The Hall–Kier alpha value is -2.49. The number of carbonyl (C=O) groups excluding carboxylic acids is 1. The maximum absolute atomic E-state index is 14.0. The summed E-state index contributed by atoms with van der Waals surface area (Å²) in [7, 11) is 0. The highest BCUT2D eigenvalue weighted by molar-refractivity contribution is 6.42. The van der Waals surface area contributed by atoms with Gasteiger partial charge < -0.3 is 15.4 Å². The van der Waals surface area contributed by atoms with Crippen LogP contribution in [0.3, 0.4) is 0 Å². The lowest BCUT2D eigenvalue weighted by Crippen LogP contribution is -2.38. The Kier molecular flexibility index (Phi) is 7.11. The molecule has 1 amide bonds. The number of ether oxygens (including phenoxy) is 1. The molecule has 0 spiro atoms. The van der Waals surface area contributed by atoms with Gasteiger partial charge in [-0.2, -0.15) is 13.2 Å². The molecule has 154 valence electrons. The Morgan fingerprint density at radius 2 is 1.96 bits per heavy atom. The molecule has 1 atom stereocenters. The molecule has 1 saturated heterocycles. The van der Waals surface area contributed by atoms with Crippen LogP contribution in [0, 0.1) is 23.0 Å². The highest BCUT2D eigenvalue weighted by Gasteiger charge is 2.33. The van der Waals surface area contributed by atoms with E-state index in [0.29, 0.717) is 19.6 Å². The molecular formula is C18H20F5N3O2. The van der Waals surface area contributed by atoms with Crippen LogP contribution in [0.15, 0.2) is 30.0 Å². The lowest BCUT2D eigenvalue weighted by Gasteiger charge is -2.24. The number of alkyl halides is 3. The third-order valence-corrected chi connectivity index (χ3v) is 4.39. The Morgan fingerprint density at radius 3 is 2.50 bits per heavy atom. The lowest BCUT2D eigenvalue weighted by molar-refractivity contribution is -0.124. The Balaban J connectivity index is 2.21. The molecule has 10 heteroatoms. The topological polar surface area (TPSA) is 79.4 Å². The monoisotopic (exact) mass is 405 g/mol. The molecule has 5 nitrogen and oxygen atoms in total. The number of nitrogens with zero attached hydrogens (tertiary/aromatic N) is 1. The molecule has 1 heterocycles. The van der Waals surface area contributed by atoms with E-state index in [1.165, 1.54) is 0 Å². The van der Waals surface area contributed by atoms with Crippen molar-refractivity contribution >= 4 is 11.6 Å². The Bertz CT molecular complexity index is 738. The van der Waals surface area contributed by atoms with Crippen LogP contribution in [0.5, 0.6) is 0 Å². The largest absolute Gasteiger partial charge is 0.430 e. The molecule has 1 aromatic carbocycles. The smallest absolute Gasteiger partial charge is 0.395 e. The minimum absolute atomic E-state index is 0.00275. The van der Waals surface area contributed by atoms with E-state index in [-0.39, 0.29) is 18.5 Å². The number of hydrogen-bond acceptors (Lipinski definition) is 4. The summed E-state index contributed by atoms with van der Waals surface area (Å²) in [5.41, 5.74) is 1.82. The number of benzene rings is 1. The van der Waals surface area contributed by atoms with Crippen LogP contribution in [-0.2, 0) is 16.1 Å². The molecule has 1 aliphatic rings. The number of halogens is 5. The van der Waals surface area contributed by atoms with Gasteiger partial charge in [-0.1, -0.05) is 6.07 Å². The van der Waals surface area contributed by atoms with Gasteiger partial charge in [0, 0.05) is 25.3 Å². The van der Waals surface area contributed by atoms with Gasteiger partial charge in [-0.3, -0.25) is 10.2 Å². The highest BCUT2D eigenvalue weighted by Crippen LogP contribution is 2.22. The SMILES string of the molecule is N=C(C=C(N)C(F)(F)F)C(=O)N(CCC1CCOC1)Cc1c(F)cccc1F. The molecule has 28 heavy (non-hydrogen) atoms. The molecule has 2 rings (SSSR count). The molecule has 0 aromatic heterocycles. The van der Waals surface area contributed by atoms with Crippen LogP contribution in [0.4, 0.5) is 22.0 Å². The first kappa shape index (κ1) is 21.8. The predicted molar refractivity (Wildman–Crippen MR) is 91.4 cm³/mol. The van der Waals surface area contributed by atoms with Gasteiger partial charge >= 0.3 is 6.18 Å². The van der Waals surface area contributed by atoms with Gasteiger partial charge in [0.1, 0.15) is 23.0 Å². The average Bonchev–Trinajstić information content (AvgIpc) is 3.13. The molecule has 3 N–H and O–H groups in total. The molecular weight excluding hydrogens is 385 g/mol. The average molecular weight is 405 g/mol. The number of amides is 1. The Labute approximate surface area is 158 Å². The summed E-state index contributed by atoms with van der Waals surface area (Å²) >= 11 is 0. The summed E-state index contributed by atoms with van der Waals surface area (Å²) in [5.74, 6) is -2.77. The number of hydrogen-bond donors (Lipinski definition) is 2. The van der Waals surface area contributed by atoms with Crippen molar-refractivity contribution in [3.8, 4) is 0 Å². The van der Waals surface area contributed by atoms with Gasteiger partial charge in [0.15, 0.2) is 0 Å². The molecule has 1 fully saturated rings. The first-order valence-corrected chi connectivity index (χ1v) is 8.52. The van der Waals surface area contributed by atoms with E-state index >= 15 is 0 Å². The quantitative estimate of drug-likeness (QED) is 0.540. The zero-order valence-corrected chi connectivity index (χ0v) is 14.9. The zero-order valence-electron chi connectivity index (χ0n) is 14.9. The molecule has 0 saturated carbocycles. The minimum Gasteiger partial charge on any atom is -0.395 e. The number of allylic oxidation sites excluding steroid dienone is 1. The molecule has 1 aliphatic heterocycles. The van der Waals surface area contributed by atoms with Crippen LogP contribution >= 0.6 is 0 Å². The van der Waals surface area contributed by atoms with Crippen LogP contribution in [0.25, 0.3) is 0 Å². The van der Waals surface area contributed by atoms with Crippen molar-refractivity contribution in [2.75, 3.05) is 19.8 Å². The zero-order chi connectivity index (χ0) is 20.9. The van der Waals surface area contributed by atoms with E-state index < -0.39 is 47.2 Å². The molecule has 1 aromatic rings. The summed E-state index contributed by atoms with van der Waals surface area (Å²) in [6.07, 6.45) is -3.52. The van der Waals surface area contributed by atoms with Crippen molar-refractivity contribution in [1.82, 2.24) is 4.90 Å². The van der Waals surface area contributed by atoms with E-state index in [0.717, 1.165) is 29.5 Å². The van der Waals surface area contributed by atoms with E-state index in [1.54, 1.807) is 0 Å². The summed E-state index contributed by atoms with van der Waals surface area (Å²) in [6.45, 7) is 0.505. The number of nitrogens with one attached hydrogen (secondary N) is 1. The highest BCUT2D eigenvalue weighted by atomic mass is 19.4. The normalized spacial score (nSPS) is 17.6. The lowest BCUT2D eigenvalue weighted by atomic mass is 10.0. The van der Waals surface area contributed by atoms with Gasteiger partial charge in [0.05, 0.1) is 6.54 Å². The van der Waals surface area contributed by atoms with E-state index in [9.17, 15) is 26.7 Å². The maximum atomic E-state index is 14.0. The second-order valence-electron chi connectivity index (χ2n) is 6.46. The second-order valence-corrected chi connectivity index (χ2v) is 6.46. The van der Waals surface area contributed by atoms with Gasteiger partial charge in [-0.05, 0) is 37.0 Å². The van der Waals surface area contributed by atoms with Crippen LogP contribution in [0.2, 0.25) is 0 Å². The summed E-state index contributed by atoms with van der Waals surface area (Å²) in [5, 5.41) is 7.64. The van der Waals surface area contributed by atoms with Gasteiger partial charge in [0.2, 0.25) is 0 Å². The number of nitrogens with two attached hydrogens (primary N) is 1. The fraction of sp³-hybridized carbons (Fsp3) is 0.444. The summed E-state index contributed by atoms with van der Waals surface area (Å²) < 4.78 is 70.8. The first-order valence-electron chi connectivity index (χ1n) is 8.52. The molecule has 1 unspecified atom stereocenters. The van der Waals surface area contributed by atoms with Crippen molar-refractivity contribution < 1.29 is 31.5 Å². The van der Waals surface area contributed by atoms with Crippen LogP contribution in [-0.4, -0.2) is 42.5 Å². The van der Waals surface area contributed by atoms with Gasteiger partial charge in [0.25, 0.3) is 5.91 Å². The van der Waals surface area contributed by atoms with Crippen molar-refractivity contribution in [2.24, 2.45) is 11.7 Å². The van der Waals surface area contributed by atoms with Crippen LogP contribution in [0.1, 0.15) is 18.4 Å². The predicted octanol–water partition coefficient (Wildman–Crippen LogP) is 3.14. The first-order chi connectivity index (χ1) is 13.1. The van der Waals surface area contributed by atoms with Crippen molar-refractivity contribution in [1.29, 1.82) is 5.41 Å². The molecule has 0 radical (unpaired) electrons. The van der Waals surface area contributed by atoms with Gasteiger partial charge in [-0.15, -0.1) is 0 Å². The van der Waals surface area contributed by atoms with E-state index in [4.69, 9.17) is 15.9 Å². The summed E-state index contributed by atoms with van der Waals surface area (Å²) in [4.78, 5) is 13.4. The van der Waals surface area contributed by atoms with Crippen molar-refractivity contribution in [2.45, 2.75) is 25.6 Å². The summed E-state index contributed by atoms with van der Waals surface area (Å²) in [6, 6.07) is 3.18. The number of carbonyl (C=O) groups is 1. The fourth-order valence-electron chi connectivity index (χ4n) is 2.75. The molecule has 0 bridgehead atoms. The van der Waals surface area contributed by atoms with Crippen molar-refractivity contribution in [3.63, 3.8) is 0 Å². The van der Waals surface area contributed by atoms with Crippen molar-refractivity contribution in [3.05, 3.63) is 47.2 Å². The maximum Gasteiger partial charge on any atom is 0.430 e. The van der Waals surface area contributed by atoms with Crippen LogP contribution < -0.4 is 5.73 Å². The standard InChI is InChI=1S/C18H20F5N3O2/c19-13-2-1-3-14(20)12(13)9-26(6-4-11-5-7-28-10-11)17(27)15(24)8-16(25)18(21,22)23/h1-3,8,11,24H,4-7,9-10,25H2. The minimum atomic E-state index is -4.89.